The van der Waals surface area contributed by atoms with Crippen LogP contribution in [0.2, 0.25) is 0 Å². The van der Waals surface area contributed by atoms with Crippen molar-refractivity contribution >= 4 is 27.9 Å². The molecule has 1 saturated heterocycles. The van der Waals surface area contributed by atoms with Crippen molar-refractivity contribution in [3.05, 3.63) is 46.8 Å². The van der Waals surface area contributed by atoms with Gasteiger partial charge < -0.3 is 10.2 Å². The number of anilines is 2. The first-order chi connectivity index (χ1) is 12.1. The van der Waals surface area contributed by atoms with Gasteiger partial charge in [-0.15, -0.1) is 11.3 Å². The molecular weight excluding hydrogens is 332 g/mol. The molecule has 0 saturated carbocycles. The fourth-order valence-corrected chi connectivity index (χ4v) is 3.91. The molecule has 1 aromatic carbocycles. The molecule has 5 nitrogen and oxygen atoms in total. The molecule has 0 bridgehead atoms. The summed E-state index contributed by atoms with van der Waals surface area (Å²) in [5, 5.41) is 14.3. The highest BCUT2D eigenvalue weighted by molar-refractivity contribution is 7.14. The zero-order chi connectivity index (χ0) is 17.8. The minimum atomic E-state index is -0.0602. The first kappa shape index (κ1) is 17.5. The number of amides is 1. The smallest absolute Gasteiger partial charge is 0.239 e. The first-order valence-electron chi connectivity index (χ1n) is 8.40. The Kier molecular flexibility index (Phi) is 5.37. The van der Waals surface area contributed by atoms with E-state index >= 15 is 0 Å². The quantitative estimate of drug-likeness (QED) is 0.917. The molecule has 2 aromatic rings. The van der Waals surface area contributed by atoms with Crippen LogP contribution >= 0.6 is 11.3 Å². The largest absolute Gasteiger partial charge is 0.366 e. The van der Waals surface area contributed by atoms with E-state index in [0.717, 1.165) is 19.6 Å². The third-order valence-corrected chi connectivity index (χ3v) is 5.31. The maximum absolute atomic E-state index is 12.3. The number of rotatable bonds is 4. The van der Waals surface area contributed by atoms with E-state index < -0.39 is 0 Å². The minimum Gasteiger partial charge on any atom is -0.366 e. The first-order valence-corrected chi connectivity index (χ1v) is 9.28. The molecule has 1 unspecified atom stereocenters. The molecule has 1 aliphatic rings. The van der Waals surface area contributed by atoms with Gasteiger partial charge >= 0.3 is 0 Å². The van der Waals surface area contributed by atoms with Gasteiger partial charge in [0, 0.05) is 31.4 Å². The van der Waals surface area contributed by atoms with Gasteiger partial charge in [-0.25, -0.2) is 0 Å². The summed E-state index contributed by atoms with van der Waals surface area (Å²) in [4.78, 5) is 16.8. The van der Waals surface area contributed by atoms with Crippen LogP contribution in [0.3, 0.4) is 0 Å². The van der Waals surface area contributed by atoms with E-state index in [-0.39, 0.29) is 5.91 Å². The second-order valence-electron chi connectivity index (χ2n) is 6.44. The fourth-order valence-electron chi connectivity index (χ4n) is 3.16. The lowest BCUT2D eigenvalue weighted by Crippen LogP contribution is -2.53. The number of nitrogens with one attached hydrogen (secondary N) is 1. The summed E-state index contributed by atoms with van der Waals surface area (Å²) in [5.74, 6) is -0.0602. The second-order valence-corrected chi connectivity index (χ2v) is 7.35. The van der Waals surface area contributed by atoms with Crippen molar-refractivity contribution in [1.82, 2.24) is 4.90 Å². The van der Waals surface area contributed by atoms with Gasteiger partial charge in [-0.3, -0.25) is 9.69 Å². The highest BCUT2D eigenvalue weighted by Gasteiger charge is 2.25. The number of thiophene rings is 1. The van der Waals surface area contributed by atoms with E-state index in [2.05, 4.69) is 59.3 Å². The van der Waals surface area contributed by atoms with Crippen molar-refractivity contribution in [3.63, 3.8) is 0 Å². The van der Waals surface area contributed by atoms with E-state index in [0.29, 0.717) is 23.2 Å². The van der Waals surface area contributed by atoms with Crippen LogP contribution in [0.25, 0.3) is 0 Å². The van der Waals surface area contributed by atoms with Gasteiger partial charge in [-0.1, -0.05) is 17.7 Å². The predicted molar refractivity (Wildman–Crippen MR) is 102 cm³/mol. The average molecular weight is 354 g/mol. The summed E-state index contributed by atoms with van der Waals surface area (Å²) >= 11 is 1.38. The van der Waals surface area contributed by atoms with Gasteiger partial charge in [0.15, 0.2) is 0 Å². The molecular formula is C19H22N4OS. The topological polar surface area (TPSA) is 59.4 Å². The van der Waals surface area contributed by atoms with Crippen LogP contribution in [-0.4, -0.2) is 43.0 Å². The Hall–Kier alpha value is -2.36. The van der Waals surface area contributed by atoms with Crippen LogP contribution < -0.4 is 10.2 Å². The highest BCUT2D eigenvalue weighted by atomic mass is 32.1. The Bertz CT molecular complexity index is 777. The van der Waals surface area contributed by atoms with E-state index in [1.807, 2.05) is 5.38 Å². The molecule has 1 fully saturated rings. The average Bonchev–Trinajstić information content (AvgIpc) is 3.03. The molecule has 0 spiro atoms. The normalized spacial score (nSPS) is 18.0. The van der Waals surface area contributed by atoms with Crippen LogP contribution in [-0.2, 0) is 4.79 Å². The SMILES string of the molecule is Cc1ccc(N2CCN(CC(=O)Nc3sccc3C#N)CC2C)cc1. The summed E-state index contributed by atoms with van der Waals surface area (Å²) in [6, 6.07) is 12.8. The van der Waals surface area contributed by atoms with Gasteiger partial charge in [0.1, 0.15) is 11.1 Å². The van der Waals surface area contributed by atoms with Crippen molar-refractivity contribution in [2.24, 2.45) is 0 Å². The monoisotopic (exact) mass is 354 g/mol. The number of aryl methyl sites for hydroxylation is 1. The number of piperazine rings is 1. The Morgan fingerprint density at radius 2 is 2.08 bits per heavy atom. The second kappa shape index (κ2) is 7.68. The number of hydrogen-bond donors (Lipinski definition) is 1. The van der Waals surface area contributed by atoms with E-state index in [4.69, 9.17) is 5.26 Å². The summed E-state index contributed by atoms with van der Waals surface area (Å²) in [7, 11) is 0. The maximum Gasteiger partial charge on any atom is 0.239 e. The third kappa shape index (κ3) is 4.19. The minimum absolute atomic E-state index is 0.0602. The van der Waals surface area contributed by atoms with Gasteiger partial charge in [0.2, 0.25) is 5.91 Å². The number of carbonyl (C=O) groups excluding carboxylic acids is 1. The molecule has 25 heavy (non-hydrogen) atoms. The van der Waals surface area contributed by atoms with E-state index in [1.165, 1.54) is 22.6 Å². The van der Waals surface area contributed by atoms with Crippen LogP contribution in [0.5, 0.6) is 0 Å². The van der Waals surface area contributed by atoms with Gasteiger partial charge in [-0.2, -0.15) is 5.26 Å². The molecule has 0 aliphatic carbocycles. The van der Waals surface area contributed by atoms with Crippen LogP contribution in [0.4, 0.5) is 10.7 Å². The van der Waals surface area contributed by atoms with Crippen molar-refractivity contribution in [2.75, 3.05) is 36.4 Å². The van der Waals surface area contributed by atoms with Crippen molar-refractivity contribution in [2.45, 2.75) is 19.9 Å². The van der Waals surface area contributed by atoms with Gasteiger partial charge in [0.25, 0.3) is 0 Å². The van der Waals surface area contributed by atoms with Gasteiger partial charge in [0.05, 0.1) is 12.1 Å². The van der Waals surface area contributed by atoms with Crippen LogP contribution in [0, 0.1) is 18.3 Å². The standard InChI is InChI=1S/C19H22N4OS/c1-14-3-5-17(6-4-14)23-9-8-22(12-15(23)2)13-18(24)21-19-16(11-20)7-10-25-19/h3-7,10,15H,8-9,12-13H2,1-2H3,(H,21,24). The molecule has 1 amide bonds. The van der Waals surface area contributed by atoms with E-state index in [9.17, 15) is 4.79 Å². The van der Waals surface area contributed by atoms with Crippen LogP contribution in [0.15, 0.2) is 35.7 Å². The molecule has 1 N–H and O–H groups in total. The summed E-state index contributed by atoms with van der Waals surface area (Å²) < 4.78 is 0. The molecule has 1 atom stereocenters. The van der Waals surface area contributed by atoms with Crippen molar-refractivity contribution < 1.29 is 4.79 Å². The Morgan fingerprint density at radius 3 is 2.76 bits per heavy atom. The zero-order valence-electron chi connectivity index (χ0n) is 14.5. The van der Waals surface area contributed by atoms with Crippen molar-refractivity contribution in [1.29, 1.82) is 5.26 Å². The molecule has 0 radical (unpaired) electrons. The summed E-state index contributed by atoms with van der Waals surface area (Å²) in [6.45, 7) is 7.24. The summed E-state index contributed by atoms with van der Waals surface area (Å²) in [6.07, 6.45) is 0. The Morgan fingerprint density at radius 1 is 1.32 bits per heavy atom. The molecule has 130 valence electrons. The Balaban J connectivity index is 1.55. The number of hydrogen-bond acceptors (Lipinski definition) is 5. The lowest BCUT2D eigenvalue weighted by atomic mass is 10.1. The summed E-state index contributed by atoms with van der Waals surface area (Å²) in [5.41, 5.74) is 3.02. The number of benzene rings is 1. The fraction of sp³-hybridized carbons (Fsp3) is 0.368. The number of carbonyl (C=O) groups is 1. The molecule has 6 heteroatoms. The van der Waals surface area contributed by atoms with Gasteiger partial charge in [-0.05, 0) is 37.4 Å². The Labute approximate surface area is 152 Å². The third-order valence-electron chi connectivity index (χ3n) is 4.48. The molecule has 2 heterocycles. The number of nitrogens with zero attached hydrogens (tertiary/aromatic N) is 3. The molecule has 1 aromatic heterocycles. The van der Waals surface area contributed by atoms with Crippen molar-refractivity contribution in [3.8, 4) is 6.07 Å². The molecule has 3 rings (SSSR count). The van der Waals surface area contributed by atoms with Crippen LogP contribution in [0.1, 0.15) is 18.1 Å². The maximum atomic E-state index is 12.3. The lowest BCUT2D eigenvalue weighted by Gasteiger charge is -2.41. The zero-order valence-corrected chi connectivity index (χ0v) is 15.3. The molecule has 1 aliphatic heterocycles. The number of nitriles is 1. The lowest BCUT2D eigenvalue weighted by molar-refractivity contribution is -0.117. The van der Waals surface area contributed by atoms with E-state index in [1.54, 1.807) is 6.07 Å². The highest BCUT2D eigenvalue weighted by Crippen LogP contribution is 2.23. The predicted octanol–water partition coefficient (Wildman–Crippen LogP) is 3.08.